The highest BCUT2D eigenvalue weighted by Gasteiger charge is 2.24. The first-order valence-electron chi connectivity index (χ1n) is 9.03. The lowest BCUT2D eigenvalue weighted by molar-refractivity contribution is 0.101. The Hall–Kier alpha value is -2.47. The van der Waals surface area contributed by atoms with Crippen LogP contribution in [0, 0.1) is 6.92 Å². The van der Waals surface area contributed by atoms with E-state index < -0.39 is 0 Å². The predicted octanol–water partition coefficient (Wildman–Crippen LogP) is 2.77. The van der Waals surface area contributed by atoms with Crippen LogP contribution in [0.1, 0.15) is 35.9 Å². The molecule has 0 radical (unpaired) electrons. The number of anilines is 2. The molecule has 0 amide bonds. The molecule has 138 valence electrons. The van der Waals surface area contributed by atoms with Crippen molar-refractivity contribution in [3.05, 3.63) is 35.7 Å². The SMILES string of the molecule is CC(=O)c1ccc(-c2nc(C)nc(N(C)C3CCN(C)CC3)c2N)cc1. The number of ketones is 1. The number of nitrogen functional groups attached to an aromatic ring is 1. The van der Waals surface area contributed by atoms with Crippen LogP contribution in [0.2, 0.25) is 0 Å². The van der Waals surface area contributed by atoms with E-state index in [2.05, 4.69) is 33.9 Å². The number of aryl methyl sites for hydroxylation is 1. The summed E-state index contributed by atoms with van der Waals surface area (Å²) >= 11 is 0. The normalized spacial score (nSPS) is 15.8. The summed E-state index contributed by atoms with van der Waals surface area (Å²) in [7, 11) is 4.22. The van der Waals surface area contributed by atoms with Gasteiger partial charge in [0.1, 0.15) is 11.5 Å². The number of rotatable bonds is 4. The third-order valence-corrected chi connectivity index (χ3v) is 5.17. The second-order valence-corrected chi connectivity index (χ2v) is 7.14. The van der Waals surface area contributed by atoms with Crippen molar-refractivity contribution >= 4 is 17.3 Å². The number of carbonyl (C=O) groups excluding carboxylic acids is 1. The van der Waals surface area contributed by atoms with Crippen LogP contribution in [0.3, 0.4) is 0 Å². The third-order valence-electron chi connectivity index (χ3n) is 5.17. The van der Waals surface area contributed by atoms with Gasteiger partial charge in [-0.1, -0.05) is 24.3 Å². The maximum Gasteiger partial charge on any atom is 0.159 e. The number of benzene rings is 1. The van der Waals surface area contributed by atoms with Crippen LogP contribution in [0.15, 0.2) is 24.3 Å². The van der Waals surface area contributed by atoms with E-state index in [1.807, 2.05) is 31.2 Å². The van der Waals surface area contributed by atoms with Crippen LogP contribution >= 0.6 is 0 Å². The average Bonchev–Trinajstić information content (AvgIpc) is 2.63. The largest absolute Gasteiger partial charge is 0.394 e. The van der Waals surface area contributed by atoms with Gasteiger partial charge in [0.15, 0.2) is 11.6 Å². The number of nitrogens with two attached hydrogens (primary N) is 1. The van der Waals surface area contributed by atoms with Crippen molar-refractivity contribution in [2.75, 3.05) is 37.8 Å². The Labute approximate surface area is 155 Å². The van der Waals surface area contributed by atoms with E-state index in [9.17, 15) is 4.79 Å². The standard InChI is InChI=1S/C20H27N5O/c1-13(26)15-5-7-16(8-6-15)19-18(21)20(23-14(2)22-19)25(4)17-9-11-24(3)12-10-17/h5-8,17H,9-12,21H2,1-4H3. The number of piperidine rings is 1. The van der Waals surface area contributed by atoms with Crippen LogP contribution < -0.4 is 10.6 Å². The van der Waals surface area contributed by atoms with Crippen LogP contribution in [0.5, 0.6) is 0 Å². The molecular formula is C20H27N5O. The van der Waals surface area contributed by atoms with Crippen molar-refractivity contribution in [2.45, 2.75) is 32.7 Å². The van der Waals surface area contributed by atoms with E-state index in [1.54, 1.807) is 6.92 Å². The maximum atomic E-state index is 11.5. The molecule has 0 saturated carbocycles. The van der Waals surface area contributed by atoms with E-state index >= 15 is 0 Å². The first-order chi connectivity index (χ1) is 12.4. The molecule has 2 heterocycles. The molecule has 0 bridgehead atoms. The second-order valence-electron chi connectivity index (χ2n) is 7.14. The number of nitrogens with zero attached hydrogens (tertiary/aromatic N) is 4. The molecule has 1 aromatic heterocycles. The van der Waals surface area contributed by atoms with E-state index in [0.717, 1.165) is 43.0 Å². The number of aromatic nitrogens is 2. The van der Waals surface area contributed by atoms with Crippen LogP contribution in [-0.4, -0.2) is 53.9 Å². The summed E-state index contributed by atoms with van der Waals surface area (Å²) in [6.45, 7) is 5.61. The van der Waals surface area contributed by atoms with E-state index in [1.165, 1.54) is 0 Å². The molecule has 0 atom stereocenters. The van der Waals surface area contributed by atoms with Crippen LogP contribution in [-0.2, 0) is 0 Å². The molecule has 0 aliphatic carbocycles. The summed E-state index contributed by atoms with van der Waals surface area (Å²) in [6, 6.07) is 7.85. The van der Waals surface area contributed by atoms with Gasteiger partial charge in [0.2, 0.25) is 0 Å². The Balaban J connectivity index is 1.94. The molecule has 6 heteroatoms. The van der Waals surface area contributed by atoms with Gasteiger partial charge in [0, 0.05) is 24.2 Å². The van der Waals surface area contributed by atoms with Crippen molar-refractivity contribution in [2.24, 2.45) is 0 Å². The molecule has 2 N–H and O–H groups in total. The van der Waals surface area contributed by atoms with Crippen molar-refractivity contribution in [1.29, 1.82) is 0 Å². The predicted molar refractivity (Wildman–Crippen MR) is 106 cm³/mol. The Morgan fingerprint density at radius 3 is 2.38 bits per heavy atom. The molecule has 2 aromatic rings. The van der Waals surface area contributed by atoms with E-state index in [-0.39, 0.29) is 5.78 Å². The van der Waals surface area contributed by atoms with Gasteiger partial charge >= 0.3 is 0 Å². The molecular weight excluding hydrogens is 326 g/mol. The molecule has 1 aliphatic heterocycles. The smallest absolute Gasteiger partial charge is 0.159 e. The molecule has 0 unspecified atom stereocenters. The Morgan fingerprint density at radius 2 is 1.81 bits per heavy atom. The number of hydrogen-bond donors (Lipinski definition) is 1. The quantitative estimate of drug-likeness (QED) is 0.852. The number of likely N-dealkylation sites (tertiary alicyclic amines) is 1. The first kappa shape index (κ1) is 18.3. The minimum Gasteiger partial charge on any atom is -0.394 e. The van der Waals surface area contributed by atoms with Gasteiger partial charge in [0.25, 0.3) is 0 Å². The summed E-state index contributed by atoms with van der Waals surface area (Å²) in [6.07, 6.45) is 2.19. The van der Waals surface area contributed by atoms with E-state index in [4.69, 9.17) is 5.73 Å². The Kier molecular flexibility index (Phi) is 5.23. The number of carbonyl (C=O) groups is 1. The fourth-order valence-electron chi connectivity index (χ4n) is 3.47. The fourth-order valence-corrected chi connectivity index (χ4v) is 3.47. The molecule has 1 aliphatic rings. The van der Waals surface area contributed by atoms with Gasteiger partial charge < -0.3 is 15.5 Å². The lowest BCUT2D eigenvalue weighted by Gasteiger charge is -2.36. The van der Waals surface area contributed by atoms with Gasteiger partial charge in [-0.15, -0.1) is 0 Å². The summed E-state index contributed by atoms with van der Waals surface area (Å²) < 4.78 is 0. The van der Waals surface area contributed by atoms with Gasteiger partial charge in [-0.3, -0.25) is 4.79 Å². The Bertz CT molecular complexity index is 795. The molecule has 0 spiro atoms. The third kappa shape index (κ3) is 3.70. The van der Waals surface area contributed by atoms with Gasteiger partial charge in [-0.25, -0.2) is 9.97 Å². The minimum atomic E-state index is 0.0473. The van der Waals surface area contributed by atoms with Gasteiger partial charge in [-0.2, -0.15) is 0 Å². The topological polar surface area (TPSA) is 75.4 Å². The van der Waals surface area contributed by atoms with Crippen LogP contribution in [0.4, 0.5) is 11.5 Å². The van der Waals surface area contributed by atoms with Crippen molar-refractivity contribution < 1.29 is 4.79 Å². The van der Waals surface area contributed by atoms with Crippen molar-refractivity contribution in [3.63, 3.8) is 0 Å². The number of Topliss-reactive ketones (excluding diaryl/α,β-unsaturated/α-hetero) is 1. The van der Waals surface area contributed by atoms with Crippen molar-refractivity contribution in [3.8, 4) is 11.3 Å². The number of hydrogen-bond acceptors (Lipinski definition) is 6. The Morgan fingerprint density at radius 1 is 1.19 bits per heavy atom. The molecule has 6 nitrogen and oxygen atoms in total. The molecule has 26 heavy (non-hydrogen) atoms. The summed E-state index contributed by atoms with van der Waals surface area (Å²) in [5, 5.41) is 0. The fraction of sp³-hybridized carbons (Fsp3) is 0.450. The van der Waals surface area contributed by atoms with Crippen LogP contribution in [0.25, 0.3) is 11.3 Å². The summed E-state index contributed by atoms with van der Waals surface area (Å²) in [5.41, 5.74) is 9.37. The molecule has 1 aromatic carbocycles. The molecule has 3 rings (SSSR count). The monoisotopic (exact) mass is 353 g/mol. The van der Waals surface area contributed by atoms with Gasteiger partial charge in [-0.05, 0) is 46.8 Å². The zero-order valence-corrected chi connectivity index (χ0v) is 16.0. The van der Waals surface area contributed by atoms with Gasteiger partial charge in [0.05, 0.1) is 5.69 Å². The van der Waals surface area contributed by atoms with Crippen molar-refractivity contribution in [1.82, 2.24) is 14.9 Å². The second kappa shape index (κ2) is 7.41. The first-order valence-corrected chi connectivity index (χ1v) is 9.03. The zero-order valence-electron chi connectivity index (χ0n) is 16.0. The lowest BCUT2D eigenvalue weighted by Crippen LogP contribution is -2.42. The highest BCUT2D eigenvalue weighted by Crippen LogP contribution is 2.33. The molecule has 1 saturated heterocycles. The molecule has 1 fully saturated rings. The summed E-state index contributed by atoms with van der Waals surface area (Å²) in [5.74, 6) is 1.53. The highest BCUT2D eigenvalue weighted by atomic mass is 16.1. The lowest BCUT2D eigenvalue weighted by atomic mass is 10.0. The minimum absolute atomic E-state index is 0.0473. The zero-order chi connectivity index (χ0) is 18.8. The summed E-state index contributed by atoms with van der Waals surface area (Å²) in [4.78, 5) is 25.2. The highest BCUT2D eigenvalue weighted by molar-refractivity contribution is 5.94. The maximum absolute atomic E-state index is 11.5. The average molecular weight is 353 g/mol. The van der Waals surface area contributed by atoms with E-state index in [0.29, 0.717) is 23.1 Å².